The van der Waals surface area contributed by atoms with Crippen LogP contribution in [0.4, 0.5) is 0 Å². The molecule has 28 heavy (non-hydrogen) atoms. The molecular formula is C22H18ClN3O2. The Morgan fingerprint density at radius 1 is 1.04 bits per heavy atom. The van der Waals surface area contributed by atoms with Crippen LogP contribution in [0.5, 0.6) is 5.75 Å². The highest BCUT2D eigenvalue weighted by Gasteiger charge is 2.19. The van der Waals surface area contributed by atoms with Crippen molar-refractivity contribution < 1.29 is 9.94 Å². The first-order valence-corrected chi connectivity index (χ1v) is 9.17. The first kappa shape index (κ1) is 18.1. The van der Waals surface area contributed by atoms with Gasteiger partial charge in [-0.05, 0) is 48.9 Å². The van der Waals surface area contributed by atoms with E-state index in [2.05, 4.69) is 9.97 Å². The van der Waals surface area contributed by atoms with E-state index in [1.165, 1.54) is 0 Å². The zero-order valence-corrected chi connectivity index (χ0v) is 16.0. The minimum atomic E-state index is 0.384. The Morgan fingerprint density at radius 2 is 1.82 bits per heavy atom. The third-order valence-electron chi connectivity index (χ3n) is 4.40. The van der Waals surface area contributed by atoms with E-state index in [0.29, 0.717) is 40.2 Å². The highest BCUT2D eigenvalue weighted by atomic mass is 35.5. The molecule has 6 heteroatoms. The molecule has 0 atom stereocenters. The van der Waals surface area contributed by atoms with Crippen LogP contribution in [0.25, 0.3) is 22.6 Å². The molecule has 0 aliphatic rings. The summed E-state index contributed by atoms with van der Waals surface area (Å²) in [5, 5.41) is 11.5. The molecule has 0 unspecified atom stereocenters. The SMILES string of the molecule is Cc1nc(-c2ccccc2OCc2ccc(Cl)cc2)n(O)c1-c1cccnc1. The molecule has 2 heterocycles. The maximum Gasteiger partial charge on any atom is 0.180 e. The smallest absolute Gasteiger partial charge is 0.180 e. The molecule has 4 aromatic rings. The highest BCUT2D eigenvalue weighted by Crippen LogP contribution is 2.33. The van der Waals surface area contributed by atoms with Crippen molar-refractivity contribution in [1.29, 1.82) is 0 Å². The van der Waals surface area contributed by atoms with E-state index in [1.54, 1.807) is 12.4 Å². The zero-order valence-electron chi connectivity index (χ0n) is 15.2. The number of ether oxygens (including phenoxy) is 1. The predicted octanol–water partition coefficient (Wildman–Crippen LogP) is 5.39. The van der Waals surface area contributed by atoms with Crippen LogP contribution >= 0.6 is 11.6 Å². The number of para-hydroxylation sites is 1. The van der Waals surface area contributed by atoms with Gasteiger partial charge in [-0.15, -0.1) is 0 Å². The van der Waals surface area contributed by atoms with Gasteiger partial charge in [0, 0.05) is 23.0 Å². The van der Waals surface area contributed by atoms with Gasteiger partial charge in [-0.3, -0.25) is 4.98 Å². The summed E-state index contributed by atoms with van der Waals surface area (Å²) in [6.45, 7) is 2.24. The van der Waals surface area contributed by atoms with Gasteiger partial charge in [0.25, 0.3) is 0 Å². The summed E-state index contributed by atoms with van der Waals surface area (Å²) in [4.78, 5) is 8.70. The van der Waals surface area contributed by atoms with Crippen LogP contribution in [0.15, 0.2) is 73.1 Å². The van der Waals surface area contributed by atoms with Crippen LogP contribution in [0.1, 0.15) is 11.3 Å². The molecule has 1 N–H and O–H groups in total. The molecule has 4 rings (SSSR count). The third-order valence-corrected chi connectivity index (χ3v) is 4.65. The number of pyridine rings is 1. The average molecular weight is 392 g/mol. The van der Waals surface area contributed by atoms with Gasteiger partial charge in [-0.1, -0.05) is 35.9 Å². The van der Waals surface area contributed by atoms with Crippen LogP contribution in [-0.2, 0) is 6.61 Å². The Hall–Kier alpha value is -3.31. The number of hydrogen-bond donors (Lipinski definition) is 1. The summed E-state index contributed by atoms with van der Waals surface area (Å²) in [6, 6.07) is 18.7. The fourth-order valence-electron chi connectivity index (χ4n) is 3.05. The number of halogens is 1. The highest BCUT2D eigenvalue weighted by molar-refractivity contribution is 6.30. The lowest BCUT2D eigenvalue weighted by atomic mass is 10.2. The quantitative estimate of drug-likeness (QED) is 0.463. The second-order valence-electron chi connectivity index (χ2n) is 6.33. The second-order valence-corrected chi connectivity index (χ2v) is 6.77. The number of imidazole rings is 1. The van der Waals surface area contributed by atoms with E-state index in [-0.39, 0.29) is 0 Å². The minimum Gasteiger partial charge on any atom is -0.488 e. The summed E-state index contributed by atoms with van der Waals surface area (Å²) >= 11 is 5.94. The standard InChI is InChI=1S/C22H18ClN3O2/c1-15-21(17-5-4-12-24-13-17)26(27)22(25-15)19-6-2-3-7-20(19)28-14-16-8-10-18(23)11-9-16/h2-13,27H,14H2,1H3. The number of benzene rings is 2. The van der Waals surface area contributed by atoms with Crippen molar-refractivity contribution >= 4 is 11.6 Å². The molecule has 2 aromatic carbocycles. The van der Waals surface area contributed by atoms with Gasteiger partial charge in [-0.2, -0.15) is 4.73 Å². The van der Waals surface area contributed by atoms with Crippen molar-refractivity contribution in [3.05, 3.63) is 89.3 Å². The van der Waals surface area contributed by atoms with Crippen molar-refractivity contribution in [2.75, 3.05) is 0 Å². The Morgan fingerprint density at radius 3 is 2.57 bits per heavy atom. The van der Waals surface area contributed by atoms with Gasteiger partial charge in [0.2, 0.25) is 0 Å². The summed E-state index contributed by atoms with van der Waals surface area (Å²) < 4.78 is 7.10. The summed E-state index contributed by atoms with van der Waals surface area (Å²) in [6.07, 6.45) is 3.39. The van der Waals surface area contributed by atoms with E-state index in [9.17, 15) is 5.21 Å². The van der Waals surface area contributed by atoms with Gasteiger partial charge in [-0.25, -0.2) is 4.98 Å². The molecule has 0 fully saturated rings. The summed E-state index contributed by atoms with van der Waals surface area (Å²) in [5.41, 5.74) is 3.81. The minimum absolute atomic E-state index is 0.384. The summed E-state index contributed by atoms with van der Waals surface area (Å²) in [5.74, 6) is 1.05. The molecular weight excluding hydrogens is 374 g/mol. The first-order valence-electron chi connectivity index (χ1n) is 8.79. The topological polar surface area (TPSA) is 60.2 Å². The van der Waals surface area contributed by atoms with Crippen molar-refractivity contribution in [2.24, 2.45) is 0 Å². The monoisotopic (exact) mass is 391 g/mol. The fourth-order valence-corrected chi connectivity index (χ4v) is 3.17. The third kappa shape index (κ3) is 3.57. The van der Waals surface area contributed by atoms with E-state index in [0.717, 1.165) is 15.9 Å². The Bertz CT molecular complexity index is 1090. The van der Waals surface area contributed by atoms with Crippen molar-refractivity contribution in [2.45, 2.75) is 13.5 Å². The van der Waals surface area contributed by atoms with E-state index < -0.39 is 0 Å². The van der Waals surface area contributed by atoms with Crippen LogP contribution in [-0.4, -0.2) is 19.9 Å². The van der Waals surface area contributed by atoms with E-state index in [4.69, 9.17) is 16.3 Å². The van der Waals surface area contributed by atoms with Crippen LogP contribution in [0.2, 0.25) is 5.02 Å². The Labute approximate surface area is 167 Å². The molecule has 5 nitrogen and oxygen atoms in total. The number of aromatic nitrogens is 3. The zero-order chi connectivity index (χ0) is 19.5. The number of aryl methyl sites for hydroxylation is 1. The average Bonchev–Trinajstić information content (AvgIpc) is 3.02. The maximum absolute atomic E-state index is 10.8. The summed E-state index contributed by atoms with van der Waals surface area (Å²) in [7, 11) is 0. The van der Waals surface area contributed by atoms with Crippen LogP contribution in [0.3, 0.4) is 0 Å². The Balaban J connectivity index is 1.68. The fraction of sp³-hybridized carbons (Fsp3) is 0.0909. The van der Waals surface area contributed by atoms with Crippen molar-refractivity contribution in [3.63, 3.8) is 0 Å². The lowest BCUT2D eigenvalue weighted by Crippen LogP contribution is -2.01. The lowest BCUT2D eigenvalue weighted by Gasteiger charge is -2.11. The molecule has 0 saturated carbocycles. The molecule has 0 amide bonds. The molecule has 0 aliphatic heterocycles. The Kier molecular flexibility index (Phi) is 5.00. The van der Waals surface area contributed by atoms with Gasteiger partial charge >= 0.3 is 0 Å². The van der Waals surface area contributed by atoms with Gasteiger partial charge in [0.15, 0.2) is 5.82 Å². The number of rotatable bonds is 5. The lowest BCUT2D eigenvalue weighted by molar-refractivity contribution is 0.194. The van der Waals surface area contributed by atoms with E-state index >= 15 is 0 Å². The molecule has 2 aromatic heterocycles. The maximum atomic E-state index is 10.8. The number of hydrogen-bond acceptors (Lipinski definition) is 4. The van der Waals surface area contributed by atoms with Crippen molar-refractivity contribution in [3.8, 4) is 28.4 Å². The van der Waals surface area contributed by atoms with Gasteiger partial charge < -0.3 is 9.94 Å². The van der Waals surface area contributed by atoms with E-state index in [1.807, 2.05) is 67.6 Å². The van der Waals surface area contributed by atoms with Gasteiger partial charge in [0.1, 0.15) is 18.1 Å². The molecule has 0 bridgehead atoms. The molecule has 0 saturated heterocycles. The number of nitrogens with zero attached hydrogens (tertiary/aromatic N) is 3. The largest absolute Gasteiger partial charge is 0.488 e. The first-order chi connectivity index (χ1) is 13.6. The van der Waals surface area contributed by atoms with Crippen molar-refractivity contribution in [1.82, 2.24) is 14.7 Å². The molecule has 0 spiro atoms. The van der Waals surface area contributed by atoms with Gasteiger partial charge in [0.05, 0.1) is 11.3 Å². The second kappa shape index (κ2) is 7.74. The molecule has 140 valence electrons. The predicted molar refractivity (Wildman–Crippen MR) is 109 cm³/mol. The van der Waals surface area contributed by atoms with Crippen LogP contribution in [0, 0.1) is 6.92 Å². The molecule has 0 radical (unpaired) electrons. The molecule has 0 aliphatic carbocycles. The normalized spacial score (nSPS) is 10.8. The van der Waals surface area contributed by atoms with Crippen LogP contribution < -0.4 is 4.74 Å².